The Kier molecular flexibility index (Phi) is 3.96. The van der Waals surface area contributed by atoms with Gasteiger partial charge in [-0.25, -0.2) is 4.98 Å². The van der Waals surface area contributed by atoms with Crippen molar-refractivity contribution in [2.24, 2.45) is 0 Å². The molecule has 0 radical (unpaired) electrons. The highest BCUT2D eigenvalue weighted by Gasteiger charge is 2.06. The topological polar surface area (TPSA) is 52.5 Å². The van der Waals surface area contributed by atoms with E-state index >= 15 is 0 Å². The average molecular weight is 312 g/mol. The highest BCUT2D eigenvalue weighted by Crippen LogP contribution is 2.27. The number of hydrogen-bond donors (Lipinski definition) is 1. The van der Waals surface area contributed by atoms with E-state index in [9.17, 15) is 5.26 Å². The number of hydrogen-bond acceptors (Lipinski definition) is 3. The van der Waals surface area contributed by atoms with Gasteiger partial charge in [0.2, 0.25) is 0 Å². The van der Waals surface area contributed by atoms with Crippen LogP contribution < -0.4 is 0 Å². The molecule has 21 heavy (non-hydrogen) atoms. The van der Waals surface area contributed by atoms with Gasteiger partial charge < -0.3 is 4.98 Å². The van der Waals surface area contributed by atoms with Crippen LogP contribution in [0.5, 0.6) is 0 Å². The molecule has 0 aliphatic heterocycles. The number of halogens is 1. The molecule has 0 unspecified atom stereocenters. The molecule has 0 aliphatic carbocycles. The van der Waals surface area contributed by atoms with E-state index in [2.05, 4.69) is 16.0 Å². The molecule has 0 amide bonds. The van der Waals surface area contributed by atoms with Crippen molar-refractivity contribution in [2.75, 3.05) is 0 Å². The summed E-state index contributed by atoms with van der Waals surface area (Å²) in [5.74, 6) is 0. The second-order valence-corrected chi connectivity index (χ2v) is 5.80. The van der Waals surface area contributed by atoms with Crippen molar-refractivity contribution in [1.82, 2.24) is 9.97 Å². The first-order chi connectivity index (χ1) is 10.2. The molecule has 3 rings (SSSR count). The second-order valence-electron chi connectivity index (χ2n) is 4.33. The summed E-state index contributed by atoms with van der Waals surface area (Å²) in [6, 6.07) is 17.3. The van der Waals surface area contributed by atoms with Crippen LogP contribution in [0.1, 0.15) is 5.56 Å². The summed E-state index contributed by atoms with van der Waals surface area (Å²) in [5, 5.41) is 10.7. The van der Waals surface area contributed by atoms with Gasteiger partial charge in [0.15, 0.2) is 5.16 Å². The predicted octanol–water partition coefficient (Wildman–Crippen LogP) is 4.87. The molecule has 1 aromatic heterocycles. The minimum absolute atomic E-state index is 0.566. The van der Waals surface area contributed by atoms with Gasteiger partial charge in [-0.2, -0.15) is 5.26 Å². The van der Waals surface area contributed by atoms with Crippen LogP contribution in [0.2, 0.25) is 5.02 Å². The number of nitrogens with zero attached hydrogens (tertiary/aromatic N) is 2. The van der Waals surface area contributed by atoms with Gasteiger partial charge in [0.1, 0.15) is 6.07 Å². The molecule has 102 valence electrons. The number of aromatic nitrogens is 2. The summed E-state index contributed by atoms with van der Waals surface area (Å²) < 4.78 is 0. The molecule has 2 aromatic carbocycles. The quantitative estimate of drug-likeness (QED) is 0.554. The maximum Gasteiger partial charge on any atom is 0.171 e. The molecule has 1 N–H and O–H groups in total. The lowest BCUT2D eigenvalue weighted by Gasteiger charge is -1.97. The third kappa shape index (κ3) is 3.27. The number of nitriles is 1. The van der Waals surface area contributed by atoms with E-state index < -0.39 is 0 Å². The standard InChI is InChI=1S/C16H10ClN3S/c17-12-7-5-11(6-8-12)9-13(10-18)21-16-19-14-3-1-2-4-15(14)20-16/h1-9H,(H,19,20)/b13-9+. The molecule has 0 aliphatic rings. The van der Waals surface area contributed by atoms with Crippen molar-refractivity contribution < 1.29 is 0 Å². The molecule has 5 heteroatoms. The zero-order valence-corrected chi connectivity index (χ0v) is 12.4. The molecular weight excluding hydrogens is 302 g/mol. The van der Waals surface area contributed by atoms with E-state index in [0.717, 1.165) is 16.6 Å². The molecule has 0 spiro atoms. The van der Waals surface area contributed by atoms with Gasteiger partial charge >= 0.3 is 0 Å². The molecule has 0 atom stereocenters. The molecule has 0 saturated heterocycles. The smallest absolute Gasteiger partial charge is 0.171 e. The summed E-state index contributed by atoms with van der Waals surface area (Å²) in [5.41, 5.74) is 2.78. The highest BCUT2D eigenvalue weighted by molar-refractivity contribution is 8.03. The van der Waals surface area contributed by atoms with Crippen LogP contribution in [0.4, 0.5) is 0 Å². The lowest BCUT2D eigenvalue weighted by Crippen LogP contribution is -1.78. The van der Waals surface area contributed by atoms with Crippen LogP contribution in [-0.2, 0) is 0 Å². The molecule has 0 bridgehead atoms. The minimum Gasteiger partial charge on any atom is -0.333 e. The second kappa shape index (κ2) is 6.04. The lowest BCUT2D eigenvalue weighted by molar-refractivity contribution is 1.09. The van der Waals surface area contributed by atoms with E-state index in [-0.39, 0.29) is 0 Å². The van der Waals surface area contributed by atoms with Gasteiger partial charge in [0.25, 0.3) is 0 Å². The summed E-state index contributed by atoms with van der Waals surface area (Å²) in [7, 11) is 0. The fourth-order valence-electron chi connectivity index (χ4n) is 1.88. The van der Waals surface area contributed by atoms with Gasteiger partial charge in [0, 0.05) is 5.02 Å². The van der Waals surface area contributed by atoms with Crippen LogP contribution in [0.25, 0.3) is 17.1 Å². The van der Waals surface area contributed by atoms with Crippen molar-refractivity contribution in [3.8, 4) is 6.07 Å². The fraction of sp³-hybridized carbons (Fsp3) is 0. The summed E-state index contributed by atoms with van der Waals surface area (Å²) in [4.78, 5) is 8.21. The number of H-pyrrole nitrogens is 1. The van der Waals surface area contributed by atoms with Crippen molar-refractivity contribution in [2.45, 2.75) is 5.16 Å². The van der Waals surface area contributed by atoms with Gasteiger partial charge in [-0.1, -0.05) is 35.9 Å². The SMILES string of the molecule is N#C/C(=C\c1ccc(Cl)cc1)Sc1nc2ccccc2[nH]1. The number of aromatic amines is 1. The lowest BCUT2D eigenvalue weighted by atomic mass is 10.2. The maximum atomic E-state index is 9.27. The van der Waals surface area contributed by atoms with Gasteiger partial charge in [-0.3, -0.25) is 0 Å². The fourth-order valence-corrected chi connectivity index (χ4v) is 2.76. The summed E-state index contributed by atoms with van der Waals surface area (Å²) in [6.45, 7) is 0. The molecule has 0 saturated carbocycles. The number of benzene rings is 2. The summed E-state index contributed by atoms with van der Waals surface area (Å²) in [6.07, 6.45) is 1.81. The Morgan fingerprint density at radius 3 is 2.67 bits per heavy atom. The molecule has 0 fully saturated rings. The normalized spacial score (nSPS) is 11.5. The van der Waals surface area contributed by atoms with Crippen molar-refractivity contribution >= 4 is 40.5 Å². The number of imidazole rings is 1. The molecule has 3 aromatic rings. The summed E-state index contributed by atoms with van der Waals surface area (Å²) >= 11 is 7.16. The van der Waals surface area contributed by atoms with Crippen molar-refractivity contribution in [3.63, 3.8) is 0 Å². The average Bonchev–Trinajstić information content (AvgIpc) is 2.91. The zero-order chi connectivity index (χ0) is 14.7. The Morgan fingerprint density at radius 1 is 1.19 bits per heavy atom. The van der Waals surface area contributed by atoms with Gasteiger partial charge in [0.05, 0.1) is 15.9 Å². The number of rotatable bonds is 3. The van der Waals surface area contributed by atoms with Gasteiger partial charge in [-0.05, 0) is 47.7 Å². The van der Waals surface area contributed by atoms with Crippen LogP contribution in [0.15, 0.2) is 58.6 Å². The third-order valence-corrected chi connectivity index (χ3v) is 3.92. The Bertz CT molecular complexity index is 811. The highest BCUT2D eigenvalue weighted by atomic mass is 35.5. The number of nitrogens with one attached hydrogen (secondary N) is 1. The Morgan fingerprint density at radius 2 is 1.95 bits per heavy atom. The molecule has 1 heterocycles. The van der Waals surface area contributed by atoms with Crippen LogP contribution in [0, 0.1) is 11.3 Å². The Labute approximate surface area is 131 Å². The van der Waals surface area contributed by atoms with E-state index in [1.807, 2.05) is 42.5 Å². The molecular formula is C16H10ClN3S. The maximum absolute atomic E-state index is 9.27. The largest absolute Gasteiger partial charge is 0.333 e. The Balaban J connectivity index is 1.87. The van der Waals surface area contributed by atoms with E-state index in [0.29, 0.717) is 15.1 Å². The number of allylic oxidation sites excluding steroid dienone is 1. The first-order valence-electron chi connectivity index (χ1n) is 6.24. The third-order valence-electron chi connectivity index (χ3n) is 2.85. The van der Waals surface area contributed by atoms with E-state index in [1.165, 1.54) is 11.8 Å². The first kappa shape index (κ1) is 13.7. The van der Waals surface area contributed by atoms with Crippen LogP contribution in [0.3, 0.4) is 0 Å². The number of fused-ring (bicyclic) bond motifs is 1. The molecule has 3 nitrogen and oxygen atoms in total. The van der Waals surface area contributed by atoms with Crippen molar-refractivity contribution in [1.29, 1.82) is 5.26 Å². The predicted molar refractivity (Wildman–Crippen MR) is 87.0 cm³/mol. The number of thioether (sulfide) groups is 1. The number of para-hydroxylation sites is 2. The van der Waals surface area contributed by atoms with Crippen LogP contribution >= 0.6 is 23.4 Å². The van der Waals surface area contributed by atoms with E-state index in [1.54, 1.807) is 12.1 Å². The minimum atomic E-state index is 0.566. The first-order valence-corrected chi connectivity index (χ1v) is 7.44. The monoisotopic (exact) mass is 311 g/mol. The van der Waals surface area contributed by atoms with Gasteiger partial charge in [-0.15, -0.1) is 0 Å². The Hall–Kier alpha value is -2.22. The van der Waals surface area contributed by atoms with Crippen molar-refractivity contribution in [3.05, 3.63) is 64.0 Å². The van der Waals surface area contributed by atoms with Crippen LogP contribution in [-0.4, -0.2) is 9.97 Å². The van der Waals surface area contributed by atoms with E-state index in [4.69, 9.17) is 11.6 Å². The zero-order valence-electron chi connectivity index (χ0n) is 10.9.